The van der Waals surface area contributed by atoms with Gasteiger partial charge in [-0.3, -0.25) is 0 Å². The summed E-state index contributed by atoms with van der Waals surface area (Å²) in [6, 6.07) is 10.8. The van der Waals surface area contributed by atoms with Crippen LogP contribution in [0.15, 0.2) is 55.4 Å². The van der Waals surface area contributed by atoms with Crippen LogP contribution in [0.4, 0.5) is 0 Å². The number of fused-ring (bicyclic) bond motifs is 1. The Hall–Kier alpha value is -2.47. The van der Waals surface area contributed by atoms with Gasteiger partial charge in [-0.1, -0.05) is 12.1 Å². The molecule has 0 radical (unpaired) electrons. The Kier molecular flexibility index (Phi) is 3.53. The molecule has 0 bridgehead atoms. The molecule has 0 aliphatic rings. The number of hydrogen-bond donors (Lipinski definition) is 1. The predicted molar refractivity (Wildman–Crippen MR) is 78.9 cm³/mol. The monoisotopic (exact) mass is 301 g/mol. The fourth-order valence-electron chi connectivity index (χ4n) is 1.78. The number of carbonyl (C=O) groups is 1. The van der Waals surface area contributed by atoms with Gasteiger partial charge in [0.25, 0.3) is 5.22 Å². The second kappa shape index (κ2) is 5.49. The number of para-hydroxylation sites is 2. The van der Waals surface area contributed by atoms with Gasteiger partial charge in [-0.2, -0.15) is 0 Å². The second-order valence-electron chi connectivity index (χ2n) is 4.31. The van der Waals surface area contributed by atoms with E-state index in [4.69, 9.17) is 8.83 Å². The minimum absolute atomic E-state index is 0.0795. The number of hydrogen-bond acceptors (Lipinski definition) is 5. The molecule has 0 amide bonds. The average Bonchev–Trinajstić information content (AvgIpc) is 3.03. The molecule has 0 aliphatic heterocycles. The molecule has 1 aromatic carbocycles. The zero-order chi connectivity index (χ0) is 14.8. The molecular formula is C15H11NO4S. The van der Waals surface area contributed by atoms with Crippen molar-refractivity contribution < 1.29 is 18.7 Å². The SMILES string of the molecule is Cc1ccc(/C=C(/Sc2nc3ccccc3o2)C(=O)O)o1. The molecule has 0 saturated carbocycles. The van der Waals surface area contributed by atoms with Crippen molar-refractivity contribution in [3.05, 3.63) is 52.8 Å². The van der Waals surface area contributed by atoms with Crippen LogP contribution in [0.2, 0.25) is 0 Å². The van der Waals surface area contributed by atoms with Crippen LogP contribution in [-0.4, -0.2) is 16.1 Å². The molecule has 1 N–H and O–H groups in total. The van der Waals surface area contributed by atoms with E-state index >= 15 is 0 Å². The molecule has 106 valence electrons. The first kappa shape index (κ1) is 13.5. The van der Waals surface area contributed by atoms with Crippen molar-refractivity contribution in [3.63, 3.8) is 0 Å². The second-order valence-corrected chi connectivity index (χ2v) is 5.30. The molecule has 0 unspecified atom stereocenters. The summed E-state index contributed by atoms with van der Waals surface area (Å²) in [5.74, 6) is 0.141. The average molecular weight is 301 g/mol. The van der Waals surface area contributed by atoms with Gasteiger partial charge >= 0.3 is 5.97 Å². The summed E-state index contributed by atoms with van der Waals surface area (Å²) in [7, 11) is 0. The molecular weight excluding hydrogens is 290 g/mol. The highest BCUT2D eigenvalue weighted by atomic mass is 32.2. The zero-order valence-electron chi connectivity index (χ0n) is 11.1. The summed E-state index contributed by atoms with van der Waals surface area (Å²) in [6.07, 6.45) is 1.45. The number of thioether (sulfide) groups is 1. The summed E-state index contributed by atoms with van der Waals surface area (Å²) in [5.41, 5.74) is 1.32. The third-order valence-corrected chi connectivity index (χ3v) is 3.58. The van der Waals surface area contributed by atoms with Crippen LogP contribution in [0.3, 0.4) is 0 Å². The van der Waals surface area contributed by atoms with Crippen molar-refractivity contribution >= 4 is 34.9 Å². The third-order valence-electron chi connectivity index (χ3n) is 2.72. The molecule has 21 heavy (non-hydrogen) atoms. The topological polar surface area (TPSA) is 76.5 Å². The summed E-state index contributed by atoms with van der Waals surface area (Å²) in [6.45, 7) is 1.80. The Balaban J connectivity index is 1.91. The lowest BCUT2D eigenvalue weighted by atomic mass is 10.3. The number of nitrogens with zero attached hydrogens (tertiary/aromatic N) is 1. The maximum Gasteiger partial charge on any atom is 0.342 e. The van der Waals surface area contributed by atoms with E-state index in [1.54, 1.807) is 25.1 Å². The Labute approximate surface area is 124 Å². The molecule has 5 nitrogen and oxygen atoms in total. The van der Waals surface area contributed by atoms with E-state index in [1.165, 1.54) is 6.08 Å². The van der Waals surface area contributed by atoms with Gasteiger partial charge in [-0.15, -0.1) is 0 Å². The van der Waals surface area contributed by atoms with Gasteiger partial charge in [-0.25, -0.2) is 9.78 Å². The number of aromatic nitrogens is 1. The normalized spacial score (nSPS) is 12.0. The number of carboxylic acids is 1. The largest absolute Gasteiger partial charge is 0.477 e. The standard InChI is InChI=1S/C15H11NO4S/c1-9-6-7-10(19-9)8-13(14(17)18)21-15-16-11-4-2-3-5-12(11)20-15/h2-8H,1H3,(H,17,18)/b13-8+. The van der Waals surface area contributed by atoms with Crippen LogP contribution in [0.1, 0.15) is 11.5 Å². The lowest BCUT2D eigenvalue weighted by Gasteiger charge is -1.97. The molecule has 0 saturated heterocycles. The van der Waals surface area contributed by atoms with Gasteiger partial charge in [0.2, 0.25) is 0 Å². The van der Waals surface area contributed by atoms with E-state index in [2.05, 4.69) is 4.98 Å². The molecule has 6 heteroatoms. The maximum absolute atomic E-state index is 11.3. The molecule has 0 aliphatic carbocycles. The van der Waals surface area contributed by atoms with E-state index in [0.29, 0.717) is 16.9 Å². The van der Waals surface area contributed by atoms with E-state index in [9.17, 15) is 9.90 Å². The third kappa shape index (κ3) is 3.00. The van der Waals surface area contributed by atoms with E-state index in [0.717, 1.165) is 17.5 Å². The van der Waals surface area contributed by atoms with Crippen molar-refractivity contribution in [1.82, 2.24) is 4.98 Å². The molecule has 0 atom stereocenters. The highest BCUT2D eigenvalue weighted by Crippen LogP contribution is 2.30. The summed E-state index contributed by atoms with van der Waals surface area (Å²) in [4.78, 5) is 15.7. The van der Waals surface area contributed by atoms with Crippen LogP contribution < -0.4 is 0 Å². The smallest absolute Gasteiger partial charge is 0.342 e. The lowest BCUT2D eigenvalue weighted by molar-refractivity contribution is -0.131. The van der Waals surface area contributed by atoms with Gasteiger partial charge in [-0.05, 0) is 43.0 Å². The number of rotatable bonds is 4. The van der Waals surface area contributed by atoms with Gasteiger partial charge in [0.05, 0.1) is 0 Å². The molecule has 0 spiro atoms. The zero-order valence-corrected chi connectivity index (χ0v) is 11.9. The number of carboxylic acid groups (broad SMARTS) is 1. The number of oxazole rings is 1. The van der Waals surface area contributed by atoms with Crippen LogP contribution in [0.25, 0.3) is 17.2 Å². The maximum atomic E-state index is 11.3. The molecule has 0 fully saturated rings. The molecule has 2 heterocycles. The van der Waals surface area contributed by atoms with Crippen molar-refractivity contribution in [3.8, 4) is 0 Å². The quantitative estimate of drug-likeness (QED) is 0.581. The van der Waals surface area contributed by atoms with Gasteiger partial charge < -0.3 is 13.9 Å². The Bertz CT molecular complexity index is 798. The first-order chi connectivity index (χ1) is 10.1. The van der Waals surface area contributed by atoms with Crippen LogP contribution in [0.5, 0.6) is 0 Å². The summed E-state index contributed by atoms with van der Waals surface area (Å²) >= 11 is 0.950. The Morgan fingerprint density at radius 3 is 2.71 bits per heavy atom. The molecule has 2 aromatic heterocycles. The lowest BCUT2D eigenvalue weighted by Crippen LogP contribution is -1.96. The minimum Gasteiger partial charge on any atom is -0.477 e. The van der Waals surface area contributed by atoms with Gasteiger partial charge in [0.15, 0.2) is 5.58 Å². The van der Waals surface area contributed by atoms with E-state index in [-0.39, 0.29) is 10.1 Å². The number of benzene rings is 1. The predicted octanol–water partition coefficient (Wildman–Crippen LogP) is 3.95. The first-order valence-electron chi connectivity index (χ1n) is 6.17. The van der Waals surface area contributed by atoms with Gasteiger partial charge in [0.1, 0.15) is 21.9 Å². The minimum atomic E-state index is -1.06. The van der Waals surface area contributed by atoms with Crippen molar-refractivity contribution in [2.24, 2.45) is 0 Å². The van der Waals surface area contributed by atoms with Crippen LogP contribution in [-0.2, 0) is 4.79 Å². The fraction of sp³-hybridized carbons (Fsp3) is 0.0667. The highest BCUT2D eigenvalue weighted by Gasteiger charge is 2.15. The number of furan rings is 1. The van der Waals surface area contributed by atoms with Crippen molar-refractivity contribution in [2.75, 3.05) is 0 Å². The van der Waals surface area contributed by atoms with E-state index < -0.39 is 5.97 Å². The first-order valence-corrected chi connectivity index (χ1v) is 6.98. The highest BCUT2D eigenvalue weighted by molar-refractivity contribution is 8.03. The molecule has 3 aromatic rings. The Morgan fingerprint density at radius 1 is 1.24 bits per heavy atom. The van der Waals surface area contributed by atoms with Crippen molar-refractivity contribution in [2.45, 2.75) is 12.1 Å². The summed E-state index contributed by atoms with van der Waals surface area (Å²) < 4.78 is 10.9. The van der Waals surface area contributed by atoms with Crippen LogP contribution >= 0.6 is 11.8 Å². The number of aliphatic carboxylic acids is 1. The number of aryl methyl sites for hydroxylation is 1. The fourth-order valence-corrected chi connectivity index (χ4v) is 2.51. The van der Waals surface area contributed by atoms with Crippen LogP contribution in [0, 0.1) is 6.92 Å². The summed E-state index contributed by atoms with van der Waals surface area (Å²) in [5, 5.41) is 9.56. The van der Waals surface area contributed by atoms with Crippen molar-refractivity contribution in [1.29, 1.82) is 0 Å². The Morgan fingerprint density at radius 2 is 2.05 bits per heavy atom. The van der Waals surface area contributed by atoms with Gasteiger partial charge in [0, 0.05) is 6.08 Å². The van der Waals surface area contributed by atoms with E-state index in [1.807, 2.05) is 18.2 Å². The molecule has 3 rings (SSSR count).